The van der Waals surface area contributed by atoms with E-state index in [-0.39, 0.29) is 11.8 Å². The van der Waals surface area contributed by atoms with Gasteiger partial charge in [0.1, 0.15) is 5.75 Å². The highest BCUT2D eigenvalue weighted by molar-refractivity contribution is 6.34. The molecule has 2 rings (SSSR count). The van der Waals surface area contributed by atoms with Crippen LogP contribution in [0.25, 0.3) is 0 Å². The second-order valence-corrected chi connectivity index (χ2v) is 5.85. The Hall–Kier alpha value is -2.53. The van der Waals surface area contributed by atoms with Gasteiger partial charge in [-0.15, -0.1) is 0 Å². The van der Waals surface area contributed by atoms with Gasteiger partial charge in [-0.25, -0.2) is 0 Å². The minimum atomic E-state index is -0.682. The molecule has 0 spiro atoms. The number of benzene rings is 2. The summed E-state index contributed by atoms with van der Waals surface area (Å²) >= 11 is 6.13. The third kappa shape index (κ3) is 4.99. The second kappa shape index (κ2) is 7.84. The quantitative estimate of drug-likeness (QED) is 0.859. The highest BCUT2D eigenvalue weighted by Crippen LogP contribution is 2.26. The number of rotatable bonds is 5. The van der Waals surface area contributed by atoms with Crippen LogP contribution in [-0.2, 0) is 9.59 Å². The number of nitrogens with one attached hydrogen (secondary N) is 2. The van der Waals surface area contributed by atoms with Crippen LogP contribution in [-0.4, -0.2) is 17.9 Å². The van der Waals surface area contributed by atoms with Crippen LogP contribution in [0.5, 0.6) is 5.75 Å². The zero-order chi connectivity index (χ0) is 17.7. The fraction of sp³-hybridized carbons (Fsp3) is 0.222. The fourth-order valence-electron chi connectivity index (χ4n) is 2.01. The van der Waals surface area contributed by atoms with Gasteiger partial charge in [0.15, 0.2) is 6.10 Å². The Labute approximate surface area is 146 Å². The van der Waals surface area contributed by atoms with Crippen molar-refractivity contribution in [2.75, 3.05) is 10.6 Å². The average molecular weight is 347 g/mol. The maximum absolute atomic E-state index is 12.2. The van der Waals surface area contributed by atoms with Gasteiger partial charge in [0.2, 0.25) is 5.91 Å². The number of ether oxygens (including phenoxy) is 1. The van der Waals surface area contributed by atoms with Gasteiger partial charge in [-0.2, -0.15) is 0 Å². The third-order valence-electron chi connectivity index (χ3n) is 3.25. The number of anilines is 2. The lowest BCUT2D eigenvalue weighted by Gasteiger charge is -2.16. The molecule has 0 aromatic heterocycles. The lowest BCUT2D eigenvalue weighted by atomic mass is 10.2. The topological polar surface area (TPSA) is 67.4 Å². The summed E-state index contributed by atoms with van der Waals surface area (Å²) in [7, 11) is 0. The number of amides is 2. The van der Waals surface area contributed by atoms with Crippen molar-refractivity contribution in [3.8, 4) is 5.75 Å². The SMILES string of the molecule is CC(=O)Nc1ccc(NC(=O)[C@@H](C)Oc2ccc(C)cc2)c(Cl)c1. The van der Waals surface area contributed by atoms with E-state index in [0.29, 0.717) is 22.1 Å². The molecule has 2 aromatic rings. The predicted octanol–water partition coefficient (Wildman–Crippen LogP) is 4.01. The molecule has 0 radical (unpaired) electrons. The Kier molecular flexibility index (Phi) is 5.82. The molecule has 0 heterocycles. The molecule has 5 nitrogen and oxygen atoms in total. The molecule has 0 saturated carbocycles. The molecular formula is C18H19ClN2O3. The molecular weight excluding hydrogens is 328 g/mol. The van der Waals surface area contributed by atoms with Gasteiger partial charge in [0, 0.05) is 12.6 Å². The van der Waals surface area contributed by atoms with Crippen molar-refractivity contribution < 1.29 is 14.3 Å². The van der Waals surface area contributed by atoms with E-state index in [0.717, 1.165) is 5.56 Å². The first-order valence-corrected chi connectivity index (χ1v) is 7.84. The minimum absolute atomic E-state index is 0.192. The van der Waals surface area contributed by atoms with E-state index in [1.54, 1.807) is 25.1 Å². The zero-order valence-corrected chi connectivity index (χ0v) is 14.5. The van der Waals surface area contributed by atoms with Gasteiger partial charge in [0.25, 0.3) is 5.91 Å². The Morgan fingerprint density at radius 2 is 1.75 bits per heavy atom. The molecule has 1 atom stereocenters. The molecule has 2 N–H and O–H groups in total. The summed E-state index contributed by atoms with van der Waals surface area (Å²) in [6, 6.07) is 12.3. The van der Waals surface area contributed by atoms with Crippen LogP contribution in [0.15, 0.2) is 42.5 Å². The van der Waals surface area contributed by atoms with E-state index in [1.165, 1.54) is 6.92 Å². The number of halogens is 1. The van der Waals surface area contributed by atoms with E-state index in [4.69, 9.17) is 16.3 Å². The van der Waals surface area contributed by atoms with E-state index in [9.17, 15) is 9.59 Å². The molecule has 0 bridgehead atoms. The smallest absolute Gasteiger partial charge is 0.265 e. The maximum Gasteiger partial charge on any atom is 0.265 e. The summed E-state index contributed by atoms with van der Waals surface area (Å²) in [5, 5.41) is 5.67. The first-order chi connectivity index (χ1) is 11.3. The van der Waals surface area contributed by atoms with Crippen LogP contribution in [0.3, 0.4) is 0 Å². The molecule has 6 heteroatoms. The standard InChI is InChI=1S/C18H19ClN2O3/c1-11-4-7-15(8-5-11)24-12(2)18(23)21-17-9-6-14(10-16(17)19)20-13(3)22/h4-10,12H,1-3H3,(H,20,22)(H,21,23)/t12-/m1/s1. The number of hydrogen-bond acceptors (Lipinski definition) is 3. The van der Waals surface area contributed by atoms with Crippen LogP contribution >= 0.6 is 11.6 Å². The first kappa shape index (κ1) is 17.8. The number of hydrogen-bond donors (Lipinski definition) is 2. The van der Waals surface area contributed by atoms with E-state index < -0.39 is 6.10 Å². The summed E-state index contributed by atoms with van der Waals surface area (Å²) in [5.41, 5.74) is 2.13. The van der Waals surface area contributed by atoms with Crippen LogP contribution in [0.4, 0.5) is 11.4 Å². The monoisotopic (exact) mass is 346 g/mol. The number of carbonyl (C=O) groups is 2. The van der Waals surface area contributed by atoms with E-state index >= 15 is 0 Å². The van der Waals surface area contributed by atoms with Crippen molar-refractivity contribution in [2.24, 2.45) is 0 Å². The number of aryl methyl sites for hydroxylation is 1. The Bertz CT molecular complexity index is 744. The Morgan fingerprint density at radius 3 is 2.33 bits per heavy atom. The van der Waals surface area contributed by atoms with Crippen LogP contribution in [0.2, 0.25) is 5.02 Å². The van der Waals surface area contributed by atoms with Gasteiger partial charge >= 0.3 is 0 Å². The van der Waals surface area contributed by atoms with Crippen molar-refractivity contribution in [2.45, 2.75) is 26.9 Å². The van der Waals surface area contributed by atoms with Gasteiger partial charge in [0.05, 0.1) is 10.7 Å². The molecule has 0 unspecified atom stereocenters. The minimum Gasteiger partial charge on any atom is -0.481 e. The summed E-state index contributed by atoms with van der Waals surface area (Å²) in [6.45, 7) is 5.05. The van der Waals surface area contributed by atoms with Crippen molar-refractivity contribution in [3.05, 3.63) is 53.1 Å². The lowest BCUT2D eigenvalue weighted by molar-refractivity contribution is -0.122. The molecule has 2 amide bonds. The highest BCUT2D eigenvalue weighted by Gasteiger charge is 2.16. The normalized spacial score (nSPS) is 11.5. The summed E-state index contributed by atoms with van der Waals surface area (Å²) in [5.74, 6) is 0.114. The van der Waals surface area contributed by atoms with Gasteiger partial charge in [-0.05, 0) is 44.2 Å². The van der Waals surface area contributed by atoms with E-state index in [1.807, 2.05) is 31.2 Å². The summed E-state index contributed by atoms with van der Waals surface area (Å²) < 4.78 is 5.61. The van der Waals surface area contributed by atoms with Crippen LogP contribution in [0.1, 0.15) is 19.4 Å². The Balaban J connectivity index is 2.00. The largest absolute Gasteiger partial charge is 0.481 e. The summed E-state index contributed by atoms with van der Waals surface area (Å²) in [6.07, 6.45) is -0.682. The second-order valence-electron chi connectivity index (χ2n) is 5.44. The van der Waals surface area contributed by atoms with Crippen LogP contribution in [0, 0.1) is 6.92 Å². The maximum atomic E-state index is 12.2. The highest BCUT2D eigenvalue weighted by atomic mass is 35.5. The lowest BCUT2D eigenvalue weighted by Crippen LogP contribution is -2.30. The predicted molar refractivity (Wildman–Crippen MR) is 95.7 cm³/mol. The van der Waals surface area contributed by atoms with Crippen LogP contribution < -0.4 is 15.4 Å². The molecule has 2 aromatic carbocycles. The molecule has 126 valence electrons. The van der Waals surface area contributed by atoms with Gasteiger partial charge in [-0.3, -0.25) is 9.59 Å². The zero-order valence-electron chi connectivity index (χ0n) is 13.7. The number of carbonyl (C=O) groups excluding carboxylic acids is 2. The average Bonchev–Trinajstić information content (AvgIpc) is 2.51. The molecule has 0 saturated heterocycles. The molecule has 0 aliphatic rings. The first-order valence-electron chi connectivity index (χ1n) is 7.46. The fourth-order valence-corrected chi connectivity index (χ4v) is 2.23. The Morgan fingerprint density at radius 1 is 1.08 bits per heavy atom. The van der Waals surface area contributed by atoms with Crippen molar-refractivity contribution in [1.29, 1.82) is 0 Å². The van der Waals surface area contributed by atoms with Crippen molar-refractivity contribution in [1.82, 2.24) is 0 Å². The molecule has 0 aliphatic carbocycles. The summed E-state index contributed by atoms with van der Waals surface area (Å²) in [4.78, 5) is 23.3. The van der Waals surface area contributed by atoms with Gasteiger partial charge in [-0.1, -0.05) is 29.3 Å². The van der Waals surface area contributed by atoms with E-state index in [2.05, 4.69) is 10.6 Å². The van der Waals surface area contributed by atoms with Gasteiger partial charge < -0.3 is 15.4 Å². The molecule has 0 aliphatic heterocycles. The molecule has 24 heavy (non-hydrogen) atoms. The van der Waals surface area contributed by atoms with Crippen molar-refractivity contribution in [3.63, 3.8) is 0 Å². The third-order valence-corrected chi connectivity index (χ3v) is 3.56. The molecule has 0 fully saturated rings. The van der Waals surface area contributed by atoms with Crippen molar-refractivity contribution >= 4 is 34.8 Å².